The number of carbonyl (C=O) groups excluding carboxylic acids is 1. The first-order valence-corrected chi connectivity index (χ1v) is 2.99. The largest absolute Gasteiger partial charge is 0.366 e. The van der Waals surface area contributed by atoms with Crippen molar-refractivity contribution in [2.45, 2.75) is 0 Å². The quantitative estimate of drug-likeness (QED) is 0.282. The highest BCUT2D eigenvalue weighted by molar-refractivity contribution is 7.38. The van der Waals surface area contributed by atoms with Crippen LogP contribution >= 0.6 is 8.60 Å². The number of nitrogens with two attached hydrogens (primary N) is 1. The van der Waals surface area contributed by atoms with Gasteiger partial charge in [0.05, 0.1) is 0 Å². The van der Waals surface area contributed by atoms with Crippen LogP contribution in [0.3, 0.4) is 0 Å². The molecule has 0 saturated carbocycles. The topological polar surface area (TPSA) is 104 Å². The van der Waals surface area contributed by atoms with Gasteiger partial charge in [0.15, 0.2) is 0 Å². The zero-order valence-electron chi connectivity index (χ0n) is 4.56. The number of amides is 1. The Bertz CT molecular complexity index is 91.1. The summed E-state index contributed by atoms with van der Waals surface area (Å²) in [4.78, 5) is 31.2. The molecule has 0 fully saturated rings. The minimum absolute atomic E-state index is 0.481. The molecule has 0 aliphatic heterocycles. The van der Waals surface area contributed by atoms with E-state index in [1.165, 1.54) is 0 Å². The van der Waals surface area contributed by atoms with Crippen molar-refractivity contribution < 1.29 is 19.5 Å². The van der Waals surface area contributed by atoms with Crippen LogP contribution < -0.4 is 5.73 Å². The van der Waals surface area contributed by atoms with Crippen LogP contribution in [0.5, 0.6) is 0 Å². The first-order chi connectivity index (χ1) is 4.00. The summed E-state index contributed by atoms with van der Waals surface area (Å²) in [5, 5.41) is 0. The van der Waals surface area contributed by atoms with Crippen molar-refractivity contribution in [1.29, 1.82) is 0 Å². The maximum absolute atomic E-state index is 9.47. The number of carbonyl (C=O) groups is 1. The molecule has 0 unspecified atom stereocenters. The zero-order valence-corrected chi connectivity index (χ0v) is 5.45. The Morgan fingerprint density at radius 3 is 1.67 bits per heavy atom. The van der Waals surface area contributed by atoms with Crippen LogP contribution in [-0.2, 0) is 4.79 Å². The van der Waals surface area contributed by atoms with Gasteiger partial charge in [-0.25, -0.2) is 0 Å². The minimum Gasteiger partial charge on any atom is -0.366 e. The number of primary amides is 1. The number of hydrogen-bond acceptors (Lipinski definition) is 4. The molecule has 1 amide bonds. The summed E-state index contributed by atoms with van der Waals surface area (Å²) in [5.41, 5.74) is 4.53. The van der Waals surface area contributed by atoms with Crippen LogP contribution in [0.25, 0.3) is 0 Å². The van der Waals surface area contributed by atoms with E-state index in [9.17, 15) is 4.79 Å². The predicted molar refractivity (Wildman–Crippen MR) is 33.0 cm³/mol. The summed E-state index contributed by atoms with van der Waals surface area (Å²) in [7, 11) is -2.62. The SMILES string of the molecule is C=CC(N)=O.OP(O)O. The highest BCUT2D eigenvalue weighted by atomic mass is 31.2. The molecular weight excluding hydrogens is 145 g/mol. The molecule has 0 bridgehead atoms. The lowest BCUT2D eigenvalue weighted by Gasteiger charge is -1.76. The van der Waals surface area contributed by atoms with E-state index < -0.39 is 14.5 Å². The smallest absolute Gasteiger partial charge is 0.324 e. The van der Waals surface area contributed by atoms with Gasteiger partial charge in [0, 0.05) is 0 Å². The van der Waals surface area contributed by atoms with Gasteiger partial charge in [-0.3, -0.25) is 4.79 Å². The fourth-order valence-corrected chi connectivity index (χ4v) is 0. The van der Waals surface area contributed by atoms with Gasteiger partial charge >= 0.3 is 8.60 Å². The lowest BCUT2D eigenvalue weighted by molar-refractivity contribution is -0.113. The molecule has 9 heavy (non-hydrogen) atoms. The first kappa shape index (κ1) is 11.3. The van der Waals surface area contributed by atoms with Gasteiger partial charge in [-0.2, -0.15) is 0 Å². The van der Waals surface area contributed by atoms with Crippen LogP contribution in [-0.4, -0.2) is 20.6 Å². The molecule has 0 aromatic heterocycles. The first-order valence-electron chi connectivity index (χ1n) is 1.79. The second kappa shape index (κ2) is 7.52. The van der Waals surface area contributed by atoms with Crippen molar-refractivity contribution in [2.24, 2.45) is 5.73 Å². The highest BCUT2D eigenvalue weighted by Crippen LogP contribution is 2.11. The third-order valence-electron chi connectivity index (χ3n) is 0.201. The Hall–Kier alpha value is -0.480. The van der Waals surface area contributed by atoms with E-state index in [1.54, 1.807) is 0 Å². The monoisotopic (exact) mass is 153 g/mol. The van der Waals surface area contributed by atoms with Crippen LogP contribution in [0, 0.1) is 0 Å². The molecule has 5 N–H and O–H groups in total. The van der Waals surface area contributed by atoms with Gasteiger partial charge in [0.25, 0.3) is 0 Å². The van der Waals surface area contributed by atoms with Crippen LogP contribution in [0.4, 0.5) is 0 Å². The maximum atomic E-state index is 9.47. The third-order valence-corrected chi connectivity index (χ3v) is 0.201. The van der Waals surface area contributed by atoms with Crippen LogP contribution in [0.15, 0.2) is 12.7 Å². The lowest BCUT2D eigenvalue weighted by atomic mass is 10.6. The van der Waals surface area contributed by atoms with E-state index in [1.807, 2.05) is 0 Å². The normalized spacial score (nSPS) is 7.56. The van der Waals surface area contributed by atoms with Gasteiger partial charge in [-0.15, -0.1) is 0 Å². The molecule has 0 radical (unpaired) electrons. The second-order valence-corrected chi connectivity index (χ2v) is 1.41. The van der Waals surface area contributed by atoms with Gasteiger partial charge < -0.3 is 20.4 Å². The molecule has 54 valence electrons. The Labute approximate surface area is 53.4 Å². The average molecular weight is 153 g/mol. The molecule has 0 saturated heterocycles. The highest BCUT2D eigenvalue weighted by Gasteiger charge is 1.76. The van der Waals surface area contributed by atoms with Crippen molar-refractivity contribution in [2.75, 3.05) is 0 Å². The molecule has 0 atom stereocenters. The van der Waals surface area contributed by atoms with Crippen molar-refractivity contribution in [3.8, 4) is 0 Å². The van der Waals surface area contributed by atoms with Gasteiger partial charge in [0.2, 0.25) is 5.91 Å². The summed E-state index contributed by atoms with van der Waals surface area (Å²) in [6.45, 7) is 3.09. The molecule has 0 aromatic rings. The molecule has 5 nitrogen and oxygen atoms in total. The van der Waals surface area contributed by atoms with Crippen molar-refractivity contribution in [3.63, 3.8) is 0 Å². The molecule has 0 aliphatic carbocycles. The summed E-state index contributed by atoms with van der Waals surface area (Å²) >= 11 is 0. The van der Waals surface area contributed by atoms with Crippen molar-refractivity contribution in [1.82, 2.24) is 0 Å². The van der Waals surface area contributed by atoms with Gasteiger partial charge in [-0.05, 0) is 6.08 Å². The molecule has 0 aliphatic rings. The summed E-state index contributed by atoms with van der Waals surface area (Å²) in [6, 6.07) is 0. The summed E-state index contributed by atoms with van der Waals surface area (Å²) < 4.78 is 0. The van der Waals surface area contributed by atoms with Gasteiger partial charge in [0.1, 0.15) is 0 Å². The molecule has 0 aromatic carbocycles. The molecule has 0 spiro atoms. The molecule has 6 heteroatoms. The van der Waals surface area contributed by atoms with Crippen molar-refractivity contribution in [3.05, 3.63) is 12.7 Å². The Kier molecular flexibility index (Phi) is 9.47. The van der Waals surface area contributed by atoms with Crippen LogP contribution in [0.2, 0.25) is 0 Å². The van der Waals surface area contributed by atoms with E-state index in [4.69, 9.17) is 14.7 Å². The van der Waals surface area contributed by atoms with E-state index in [2.05, 4.69) is 12.3 Å². The van der Waals surface area contributed by atoms with Crippen molar-refractivity contribution >= 4 is 14.5 Å². The summed E-state index contributed by atoms with van der Waals surface area (Å²) in [6.07, 6.45) is 1.06. The molecular formula is C3H8NO4P. The second-order valence-electron chi connectivity index (χ2n) is 0.875. The zero-order chi connectivity index (χ0) is 7.86. The molecule has 0 heterocycles. The standard InChI is InChI=1S/C3H5NO.H3O3P/c1-2-3(4)5;1-4(2)3/h2H,1H2,(H2,4,5);1-3H. The fourth-order valence-electron chi connectivity index (χ4n) is 0. The Morgan fingerprint density at radius 1 is 1.56 bits per heavy atom. The Morgan fingerprint density at radius 2 is 1.67 bits per heavy atom. The van der Waals surface area contributed by atoms with Crippen LogP contribution in [0.1, 0.15) is 0 Å². The van der Waals surface area contributed by atoms with E-state index >= 15 is 0 Å². The number of rotatable bonds is 1. The fraction of sp³-hybridized carbons (Fsp3) is 0. The van der Waals surface area contributed by atoms with E-state index in [0.717, 1.165) is 6.08 Å². The maximum Gasteiger partial charge on any atom is 0.324 e. The Balaban J connectivity index is 0. The predicted octanol–water partition coefficient (Wildman–Crippen LogP) is -1.15. The average Bonchev–Trinajstić information content (AvgIpc) is 1.65. The summed E-state index contributed by atoms with van der Waals surface area (Å²) in [5.74, 6) is -0.481. The molecule has 0 rings (SSSR count). The van der Waals surface area contributed by atoms with E-state index in [-0.39, 0.29) is 0 Å². The minimum atomic E-state index is -2.62. The van der Waals surface area contributed by atoms with E-state index in [0.29, 0.717) is 0 Å². The number of hydrogen-bond donors (Lipinski definition) is 4. The lowest BCUT2D eigenvalue weighted by Crippen LogP contribution is -2.04. The van der Waals surface area contributed by atoms with Gasteiger partial charge in [-0.1, -0.05) is 6.58 Å². The third kappa shape index (κ3) is 99.2.